The van der Waals surface area contributed by atoms with Crippen molar-refractivity contribution >= 4 is 10.9 Å². The molecule has 2 aromatic carbocycles. The van der Waals surface area contributed by atoms with Gasteiger partial charge in [-0.15, -0.1) is 13.2 Å². The maximum Gasteiger partial charge on any atom is 0.573 e. The lowest BCUT2D eigenvalue weighted by Crippen LogP contribution is -2.16. The van der Waals surface area contributed by atoms with Crippen molar-refractivity contribution in [3.63, 3.8) is 0 Å². The molecule has 3 rings (SSSR count). The van der Waals surface area contributed by atoms with E-state index in [1.807, 2.05) is 18.2 Å². The zero-order valence-corrected chi connectivity index (χ0v) is 13.8. The summed E-state index contributed by atoms with van der Waals surface area (Å²) < 4.78 is 40.9. The standard InChI is InChI=1S/C19H19F3N2O/c1-2-16-15(10-11-23)18-14(4-3-5-17(18)24-16)12-6-8-13(9-7-12)25-19(20,21)22/h3-9,24H,2,10-11,23H2,1H3. The molecule has 0 aliphatic heterocycles. The Morgan fingerprint density at radius 2 is 1.80 bits per heavy atom. The largest absolute Gasteiger partial charge is 0.573 e. The van der Waals surface area contributed by atoms with E-state index in [1.54, 1.807) is 12.1 Å². The molecule has 0 radical (unpaired) electrons. The van der Waals surface area contributed by atoms with Gasteiger partial charge in [-0.3, -0.25) is 0 Å². The first-order valence-electron chi connectivity index (χ1n) is 8.11. The summed E-state index contributed by atoms with van der Waals surface area (Å²) in [5, 5.41) is 1.08. The van der Waals surface area contributed by atoms with E-state index in [-0.39, 0.29) is 5.75 Å². The van der Waals surface area contributed by atoms with Gasteiger partial charge in [-0.2, -0.15) is 0 Å². The summed E-state index contributed by atoms with van der Waals surface area (Å²) in [4.78, 5) is 3.42. The Labute approximate surface area is 143 Å². The summed E-state index contributed by atoms with van der Waals surface area (Å²) in [5.74, 6) is -0.228. The molecular formula is C19H19F3N2O. The molecule has 3 N–H and O–H groups in total. The van der Waals surface area contributed by atoms with E-state index in [4.69, 9.17) is 5.73 Å². The van der Waals surface area contributed by atoms with Gasteiger partial charge in [0.1, 0.15) is 5.75 Å². The Balaban J connectivity index is 2.07. The van der Waals surface area contributed by atoms with Crippen LogP contribution in [0.5, 0.6) is 5.75 Å². The number of nitrogens with two attached hydrogens (primary N) is 1. The first-order chi connectivity index (χ1) is 11.9. The SMILES string of the molecule is CCc1[nH]c2cccc(-c3ccc(OC(F)(F)F)cc3)c2c1CCN. The van der Waals surface area contributed by atoms with Gasteiger partial charge >= 0.3 is 6.36 Å². The molecule has 0 saturated heterocycles. The van der Waals surface area contributed by atoms with Crippen molar-refractivity contribution in [3.05, 3.63) is 53.7 Å². The molecule has 0 amide bonds. The number of aromatic nitrogens is 1. The minimum Gasteiger partial charge on any atom is -0.406 e. The van der Waals surface area contributed by atoms with Gasteiger partial charge in [-0.1, -0.05) is 31.2 Å². The van der Waals surface area contributed by atoms with E-state index in [9.17, 15) is 13.2 Å². The Bertz CT molecular complexity index is 867. The molecule has 132 valence electrons. The topological polar surface area (TPSA) is 51.0 Å². The third-order valence-electron chi connectivity index (χ3n) is 4.16. The molecule has 0 atom stereocenters. The zero-order valence-electron chi connectivity index (χ0n) is 13.8. The number of nitrogens with one attached hydrogen (secondary N) is 1. The second-order valence-electron chi connectivity index (χ2n) is 5.77. The molecule has 25 heavy (non-hydrogen) atoms. The summed E-state index contributed by atoms with van der Waals surface area (Å²) in [7, 11) is 0. The van der Waals surface area contributed by atoms with Gasteiger partial charge < -0.3 is 15.5 Å². The first kappa shape index (κ1) is 17.4. The molecule has 0 saturated carbocycles. The van der Waals surface area contributed by atoms with E-state index < -0.39 is 6.36 Å². The van der Waals surface area contributed by atoms with Crippen LogP contribution >= 0.6 is 0 Å². The molecule has 0 bridgehead atoms. The second kappa shape index (κ2) is 6.80. The van der Waals surface area contributed by atoms with Crippen LogP contribution in [0.25, 0.3) is 22.0 Å². The smallest absolute Gasteiger partial charge is 0.406 e. The highest BCUT2D eigenvalue weighted by Gasteiger charge is 2.31. The summed E-state index contributed by atoms with van der Waals surface area (Å²) in [5.41, 5.74) is 10.9. The third-order valence-corrected chi connectivity index (χ3v) is 4.16. The number of rotatable bonds is 5. The predicted molar refractivity (Wildman–Crippen MR) is 92.6 cm³/mol. The molecule has 0 unspecified atom stereocenters. The number of fused-ring (bicyclic) bond motifs is 1. The number of ether oxygens (including phenoxy) is 1. The van der Waals surface area contributed by atoms with Crippen LogP contribution in [-0.2, 0) is 12.8 Å². The molecule has 3 aromatic rings. The minimum atomic E-state index is -4.69. The van der Waals surface area contributed by atoms with Crippen molar-refractivity contribution in [1.29, 1.82) is 0 Å². The number of hydrogen-bond acceptors (Lipinski definition) is 2. The highest BCUT2D eigenvalue weighted by molar-refractivity contribution is 5.98. The number of H-pyrrole nitrogens is 1. The Kier molecular flexibility index (Phi) is 4.72. The number of alkyl halides is 3. The molecule has 1 aromatic heterocycles. The third kappa shape index (κ3) is 3.64. The monoisotopic (exact) mass is 348 g/mol. The fourth-order valence-electron chi connectivity index (χ4n) is 3.17. The number of hydrogen-bond donors (Lipinski definition) is 2. The highest BCUT2D eigenvalue weighted by Crippen LogP contribution is 2.34. The number of halogens is 3. The van der Waals surface area contributed by atoms with Crippen LogP contribution in [0, 0.1) is 0 Å². The summed E-state index contributed by atoms with van der Waals surface area (Å²) >= 11 is 0. The maximum absolute atomic E-state index is 12.3. The zero-order chi connectivity index (χ0) is 18.0. The van der Waals surface area contributed by atoms with Crippen molar-refractivity contribution in [2.45, 2.75) is 26.1 Å². The van der Waals surface area contributed by atoms with Crippen molar-refractivity contribution < 1.29 is 17.9 Å². The summed E-state index contributed by atoms with van der Waals surface area (Å²) in [6.45, 7) is 2.61. The van der Waals surface area contributed by atoms with Crippen LogP contribution in [0.4, 0.5) is 13.2 Å². The molecule has 0 aliphatic carbocycles. The molecule has 1 heterocycles. The first-order valence-corrected chi connectivity index (χ1v) is 8.11. The van der Waals surface area contributed by atoms with Crippen molar-refractivity contribution in [2.24, 2.45) is 5.73 Å². The van der Waals surface area contributed by atoms with Gasteiger partial charge in [0.15, 0.2) is 0 Å². The van der Waals surface area contributed by atoms with Crippen LogP contribution in [0.3, 0.4) is 0 Å². The molecular weight excluding hydrogens is 329 g/mol. The molecule has 0 aliphatic rings. The fourth-order valence-corrected chi connectivity index (χ4v) is 3.17. The van der Waals surface area contributed by atoms with Crippen molar-refractivity contribution in [2.75, 3.05) is 6.54 Å². The number of benzene rings is 2. The molecule has 0 spiro atoms. The average Bonchev–Trinajstić information content (AvgIpc) is 2.92. The quantitative estimate of drug-likeness (QED) is 0.696. The second-order valence-corrected chi connectivity index (χ2v) is 5.77. The minimum absolute atomic E-state index is 0.228. The average molecular weight is 348 g/mol. The van der Waals surface area contributed by atoms with Gasteiger partial charge in [0.2, 0.25) is 0 Å². The van der Waals surface area contributed by atoms with Crippen LogP contribution in [-0.4, -0.2) is 17.9 Å². The van der Waals surface area contributed by atoms with Crippen molar-refractivity contribution in [3.8, 4) is 16.9 Å². The van der Waals surface area contributed by atoms with E-state index in [0.717, 1.165) is 40.6 Å². The van der Waals surface area contributed by atoms with Gasteiger partial charge in [0.05, 0.1) is 0 Å². The lowest BCUT2D eigenvalue weighted by atomic mass is 9.96. The van der Waals surface area contributed by atoms with Crippen LogP contribution in [0.15, 0.2) is 42.5 Å². The Morgan fingerprint density at radius 1 is 1.08 bits per heavy atom. The molecule has 0 fully saturated rings. The van der Waals surface area contributed by atoms with Crippen LogP contribution in [0.1, 0.15) is 18.2 Å². The Hall–Kier alpha value is -2.47. The molecule has 6 heteroatoms. The van der Waals surface area contributed by atoms with Crippen LogP contribution < -0.4 is 10.5 Å². The van der Waals surface area contributed by atoms with E-state index in [0.29, 0.717) is 6.54 Å². The van der Waals surface area contributed by atoms with E-state index in [2.05, 4.69) is 16.6 Å². The lowest BCUT2D eigenvalue weighted by Gasteiger charge is -2.10. The Morgan fingerprint density at radius 3 is 2.40 bits per heavy atom. The van der Waals surface area contributed by atoms with E-state index in [1.165, 1.54) is 17.7 Å². The fraction of sp³-hybridized carbons (Fsp3) is 0.263. The van der Waals surface area contributed by atoms with E-state index >= 15 is 0 Å². The highest BCUT2D eigenvalue weighted by atomic mass is 19.4. The predicted octanol–water partition coefficient (Wildman–Crippen LogP) is 4.80. The van der Waals surface area contributed by atoms with Gasteiger partial charge in [0.25, 0.3) is 0 Å². The maximum atomic E-state index is 12.3. The summed E-state index contributed by atoms with van der Waals surface area (Å²) in [6.07, 6.45) is -3.08. The normalized spacial score (nSPS) is 11.9. The van der Waals surface area contributed by atoms with Crippen LogP contribution in [0.2, 0.25) is 0 Å². The summed E-state index contributed by atoms with van der Waals surface area (Å²) in [6, 6.07) is 11.8. The van der Waals surface area contributed by atoms with Gasteiger partial charge in [-0.25, -0.2) is 0 Å². The number of aromatic amines is 1. The number of aryl methyl sites for hydroxylation is 1. The molecule has 3 nitrogen and oxygen atoms in total. The lowest BCUT2D eigenvalue weighted by molar-refractivity contribution is -0.274. The van der Waals surface area contributed by atoms with Crippen molar-refractivity contribution in [1.82, 2.24) is 4.98 Å². The van der Waals surface area contributed by atoms with Gasteiger partial charge in [-0.05, 0) is 54.3 Å². The van der Waals surface area contributed by atoms with Gasteiger partial charge in [0, 0.05) is 16.6 Å².